The molecule has 1 aliphatic heterocycles. The van der Waals surface area contributed by atoms with E-state index in [1.54, 1.807) is 53.4 Å². The molecule has 1 atom stereocenters. The van der Waals surface area contributed by atoms with Crippen LogP contribution < -0.4 is 9.62 Å². The van der Waals surface area contributed by atoms with Gasteiger partial charge in [-0.15, -0.1) is 0 Å². The van der Waals surface area contributed by atoms with Gasteiger partial charge in [0, 0.05) is 29.7 Å². The lowest BCUT2D eigenvalue weighted by Crippen LogP contribution is -2.37. The van der Waals surface area contributed by atoms with Crippen LogP contribution in [0.1, 0.15) is 12.0 Å². The normalized spacial score (nSPS) is 18.2. The van der Waals surface area contributed by atoms with Gasteiger partial charge >= 0.3 is 0 Å². The number of carbonyl (C=O) groups is 1. The Balaban J connectivity index is 1.74. The molecule has 0 bridgehead atoms. The number of nitrogens with one attached hydrogen (secondary N) is 1. The summed E-state index contributed by atoms with van der Waals surface area (Å²) in [5, 5.41) is 0.585. The van der Waals surface area contributed by atoms with E-state index in [0.717, 1.165) is 5.56 Å². The minimum atomic E-state index is -3.65. The SMILES string of the molecule is Cc1ccc(S(=O)(=O)NC2CC(=O)N(c3ccc(Cl)cc3)C2)cc1. The Hall–Kier alpha value is -1.89. The van der Waals surface area contributed by atoms with Crippen molar-refractivity contribution in [3.05, 3.63) is 59.1 Å². The lowest BCUT2D eigenvalue weighted by atomic mass is 10.2. The van der Waals surface area contributed by atoms with Crippen LogP contribution in [0, 0.1) is 6.92 Å². The van der Waals surface area contributed by atoms with Crippen molar-refractivity contribution in [2.45, 2.75) is 24.3 Å². The van der Waals surface area contributed by atoms with Gasteiger partial charge in [0.05, 0.1) is 4.90 Å². The zero-order valence-corrected chi connectivity index (χ0v) is 14.6. The number of hydrogen-bond donors (Lipinski definition) is 1. The van der Waals surface area contributed by atoms with Crippen LogP contribution in [0.4, 0.5) is 5.69 Å². The molecule has 1 saturated heterocycles. The number of hydrogen-bond acceptors (Lipinski definition) is 3. The van der Waals surface area contributed by atoms with Crippen molar-refractivity contribution in [1.82, 2.24) is 4.72 Å². The number of halogens is 1. The second kappa shape index (κ2) is 6.55. The molecule has 7 heteroatoms. The van der Waals surface area contributed by atoms with E-state index in [2.05, 4.69) is 4.72 Å². The van der Waals surface area contributed by atoms with E-state index in [9.17, 15) is 13.2 Å². The third-order valence-electron chi connectivity index (χ3n) is 3.92. The van der Waals surface area contributed by atoms with Crippen molar-refractivity contribution < 1.29 is 13.2 Å². The zero-order valence-electron chi connectivity index (χ0n) is 13.1. The number of nitrogens with zero attached hydrogens (tertiary/aromatic N) is 1. The topological polar surface area (TPSA) is 66.5 Å². The van der Waals surface area contributed by atoms with Gasteiger partial charge in [-0.2, -0.15) is 0 Å². The number of benzene rings is 2. The molecular formula is C17H17ClN2O3S. The number of rotatable bonds is 4. The van der Waals surface area contributed by atoms with Gasteiger partial charge in [-0.1, -0.05) is 29.3 Å². The number of amides is 1. The van der Waals surface area contributed by atoms with Crippen molar-refractivity contribution in [2.24, 2.45) is 0 Å². The summed E-state index contributed by atoms with van der Waals surface area (Å²) in [5.74, 6) is -0.117. The number of aryl methyl sites for hydroxylation is 1. The predicted molar refractivity (Wildman–Crippen MR) is 93.7 cm³/mol. The van der Waals surface area contributed by atoms with Crippen LogP contribution in [0.25, 0.3) is 0 Å². The summed E-state index contributed by atoms with van der Waals surface area (Å²) in [4.78, 5) is 14.0. The molecule has 126 valence electrons. The molecule has 0 saturated carbocycles. The molecule has 2 aromatic carbocycles. The van der Waals surface area contributed by atoms with E-state index in [1.807, 2.05) is 6.92 Å². The maximum absolute atomic E-state index is 12.4. The Bertz CT molecular complexity index is 848. The first-order valence-electron chi connectivity index (χ1n) is 7.50. The standard InChI is InChI=1S/C17H17ClN2O3S/c1-12-2-8-16(9-3-12)24(22,23)19-14-10-17(21)20(11-14)15-6-4-13(18)5-7-15/h2-9,14,19H,10-11H2,1H3. The van der Waals surface area contributed by atoms with Gasteiger partial charge in [0.2, 0.25) is 15.9 Å². The van der Waals surface area contributed by atoms with E-state index in [1.165, 1.54) is 0 Å². The summed E-state index contributed by atoms with van der Waals surface area (Å²) in [7, 11) is -3.65. The van der Waals surface area contributed by atoms with Crippen LogP contribution in [-0.2, 0) is 14.8 Å². The minimum absolute atomic E-state index is 0.117. The van der Waals surface area contributed by atoms with Crippen molar-refractivity contribution in [1.29, 1.82) is 0 Å². The zero-order chi connectivity index (χ0) is 17.3. The highest BCUT2D eigenvalue weighted by Gasteiger charge is 2.33. The van der Waals surface area contributed by atoms with Crippen molar-refractivity contribution in [3.8, 4) is 0 Å². The fourth-order valence-corrected chi connectivity index (χ4v) is 4.02. The van der Waals surface area contributed by atoms with Crippen LogP contribution in [-0.4, -0.2) is 26.9 Å². The van der Waals surface area contributed by atoms with E-state index >= 15 is 0 Å². The summed E-state index contributed by atoms with van der Waals surface area (Å²) >= 11 is 5.85. The van der Waals surface area contributed by atoms with Gasteiger partial charge in [-0.3, -0.25) is 4.79 Å². The summed E-state index contributed by atoms with van der Waals surface area (Å²) in [6, 6.07) is 13.1. The van der Waals surface area contributed by atoms with Crippen LogP contribution in [0.5, 0.6) is 0 Å². The Labute approximate surface area is 146 Å². The highest BCUT2D eigenvalue weighted by molar-refractivity contribution is 7.89. The summed E-state index contributed by atoms with van der Waals surface area (Å²) in [6.07, 6.45) is 0.133. The molecule has 2 aromatic rings. The molecule has 1 aliphatic rings. The van der Waals surface area contributed by atoms with E-state index < -0.39 is 16.1 Å². The maximum atomic E-state index is 12.4. The number of anilines is 1. The van der Waals surface area contributed by atoms with Gasteiger partial charge < -0.3 is 4.90 Å². The molecule has 0 radical (unpaired) electrons. The first-order valence-corrected chi connectivity index (χ1v) is 9.36. The molecule has 3 rings (SSSR count). The molecule has 24 heavy (non-hydrogen) atoms. The second-order valence-corrected chi connectivity index (χ2v) is 7.97. The van der Waals surface area contributed by atoms with Crippen molar-refractivity contribution in [2.75, 3.05) is 11.4 Å². The average molecular weight is 365 g/mol. The van der Waals surface area contributed by atoms with Crippen molar-refractivity contribution >= 4 is 33.2 Å². The van der Waals surface area contributed by atoms with Gasteiger partial charge in [0.1, 0.15) is 0 Å². The van der Waals surface area contributed by atoms with Gasteiger partial charge in [0.15, 0.2) is 0 Å². The molecule has 1 amide bonds. The predicted octanol–water partition coefficient (Wildman–Crippen LogP) is 2.73. The fraction of sp³-hybridized carbons (Fsp3) is 0.235. The monoisotopic (exact) mass is 364 g/mol. The fourth-order valence-electron chi connectivity index (χ4n) is 2.66. The molecular weight excluding hydrogens is 348 g/mol. The lowest BCUT2D eigenvalue weighted by molar-refractivity contribution is -0.117. The summed E-state index contributed by atoms with van der Waals surface area (Å²) < 4.78 is 27.5. The molecule has 0 spiro atoms. The lowest BCUT2D eigenvalue weighted by Gasteiger charge is -2.17. The van der Waals surface area contributed by atoms with E-state index in [-0.39, 0.29) is 17.2 Å². The minimum Gasteiger partial charge on any atom is -0.311 e. The molecule has 1 heterocycles. The Morgan fingerprint density at radius 2 is 1.71 bits per heavy atom. The maximum Gasteiger partial charge on any atom is 0.240 e. The highest BCUT2D eigenvalue weighted by Crippen LogP contribution is 2.24. The van der Waals surface area contributed by atoms with E-state index in [0.29, 0.717) is 17.3 Å². The molecule has 1 fully saturated rings. The second-order valence-electron chi connectivity index (χ2n) is 5.82. The molecule has 0 aliphatic carbocycles. The summed E-state index contributed by atoms with van der Waals surface area (Å²) in [6.45, 7) is 2.19. The average Bonchev–Trinajstić information content (AvgIpc) is 2.88. The van der Waals surface area contributed by atoms with E-state index in [4.69, 9.17) is 11.6 Å². The molecule has 1 unspecified atom stereocenters. The first kappa shape index (κ1) is 17.0. The van der Waals surface area contributed by atoms with Gasteiger partial charge in [-0.25, -0.2) is 13.1 Å². The third kappa shape index (κ3) is 3.61. The van der Waals surface area contributed by atoms with Crippen LogP contribution in [0.15, 0.2) is 53.4 Å². The van der Waals surface area contributed by atoms with Crippen LogP contribution in [0.2, 0.25) is 5.02 Å². The van der Waals surface area contributed by atoms with Gasteiger partial charge in [-0.05, 0) is 43.3 Å². The quantitative estimate of drug-likeness (QED) is 0.907. The van der Waals surface area contributed by atoms with Gasteiger partial charge in [0.25, 0.3) is 0 Å². The summed E-state index contributed by atoms with van der Waals surface area (Å²) in [5.41, 5.74) is 1.69. The first-order chi connectivity index (χ1) is 11.3. The Morgan fingerprint density at radius 3 is 2.33 bits per heavy atom. The molecule has 1 N–H and O–H groups in total. The number of carbonyl (C=O) groups excluding carboxylic acids is 1. The highest BCUT2D eigenvalue weighted by atomic mass is 35.5. The smallest absolute Gasteiger partial charge is 0.240 e. The van der Waals surface area contributed by atoms with Crippen LogP contribution in [0.3, 0.4) is 0 Å². The Morgan fingerprint density at radius 1 is 1.08 bits per heavy atom. The Kier molecular flexibility index (Phi) is 4.62. The largest absolute Gasteiger partial charge is 0.311 e. The molecule has 5 nitrogen and oxygen atoms in total. The third-order valence-corrected chi connectivity index (χ3v) is 5.70. The van der Waals surface area contributed by atoms with Crippen molar-refractivity contribution in [3.63, 3.8) is 0 Å². The molecule has 0 aromatic heterocycles. The number of sulfonamides is 1. The van der Waals surface area contributed by atoms with Crippen LogP contribution >= 0.6 is 11.6 Å².